The molecule has 7 heteroatoms. The topological polar surface area (TPSA) is 67.2 Å². The van der Waals surface area contributed by atoms with Crippen molar-refractivity contribution in [3.8, 4) is 0 Å². The zero-order valence-corrected chi connectivity index (χ0v) is 12.9. The van der Waals surface area contributed by atoms with Crippen LogP contribution in [0.25, 0.3) is 0 Å². The Morgan fingerprint density at radius 2 is 1.86 bits per heavy atom. The molecule has 1 aliphatic heterocycles. The van der Waals surface area contributed by atoms with E-state index in [4.69, 9.17) is 0 Å². The van der Waals surface area contributed by atoms with E-state index in [2.05, 4.69) is 20.0 Å². The normalized spacial score (nSPS) is 15.2. The van der Waals surface area contributed by atoms with E-state index in [0.29, 0.717) is 18.8 Å². The Bertz CT molecular complexity index is 645. The molecule has 2 aromatic heterocycles. The number of amides is 1. The van der Waals surface area contributed by atoms with Gasteiger partial charge in [-0.25, -0.2) is 9.97 Å². The first-order chi connectivity index (χ1) is 10.7. The van der Waals surface area contributed by atoms with Crippen molar-refractivity contribution in [2.75, 3.05) is 31.1 Å². The Labute approximate surface area is 129 Å². The number of hydrogen-bond acceptors (Lipinski definition) is 5. The second-order valence-electron chi connectivity index (χ2n) is 5.31. The fraction of sp³-hybridized carbons (Fsp3) is 0.467. The lowest BCUT2D eigenvalue weighted by atomic mass is 10.2. The second-order valence-corrected chi connectivity index (χ2v) is 5.31. The highest BCUT2D eigenvalue weighted by Crippen LogP contribution is 2.13. The Balaban J connectivity index is 1.64. The number of carbonyl (C=O) groups excluding carboxylic acids is 1. The fourth-order valence-electron chi connectivity index (χ4n) is 2.66. The zero-order chi connectivity index (χ0) is 15.5. The summed E-state index contributed by atoms with van der Waals surface area (Å²) in [6.45, 7) is 7.57. The van der Waals surface area contributed by atoms with Gasteiger partial charge in [0.05, 0.1) is 0 Å². The van der Waals surface area contributed by atoms with Gasteiger partial charge in [-0.3, -0.25) is 9.48 Å². The number of hydrogen-bond donors (Lipinski definition) is 0. The lowest BCUT2D eigenvalue weighted by Gasteiger charge is -2.34. The molecular weight excluding hydrogens is 280 g/mol. The van der Waals surface area contributed by atoms with Crippen LogP contribution in [0, 0.1) is 6.92 Å². The van der Waals surface area contributed by atoms with Crippen molar-refractivity contribution in [1.29, 1.82) is 0 Å². The lowest BCUT2D eigenvalue weighted by molar-refractivity contribution is 0.0739. The van der Waals surface area contributed by atoms with E-state index in [1.165, 1.54) is 0 Å². The van der Waals surface area contributed by atoms with E-state index in [1.807, 2.05) is 29.5 Å². The average molecular weight is 300 g/mol. The molecule has 0 aliphatic carbocycles. The van der Waals surface area contributed by atoms with Gasteiger partial charge in [0.25, 0.3) is 5.91 Å². The summed E-state index contributed by atoms with van der Waals surface area (Å²) in [7, 11) is 0. The highest BCUT2D eigenvalue weighted by atomic mass is 16.2. The average Bonchev–Trinajstić information content (AvgIpc) is 2.96. The minimum Gasteiger partial charge on any atom is -0.337 e. The molecule has 0 unspecified atom stereocenters. The van der Waals surface area contributed by atoms with E-state index < -0.39 is 0 Å². The van der Waals surface area contributed by atoms with Crippen molar-refractivity contribution in [3.63, 3.8) is 0 Å². The molecule has 0 saturated carbocycles. The van der Waals surface area contributed by atoms with E-state index in [9.17, 15) is 4.79 Å². The highest BCUT2D eigenvalue weighted by Gasteiger charge is 2.25. The molecule has 3 heterocycles. The zero-order valence-electron chi connectivity index (χ0n) is 12.9. The molecule has 0 bridgehead atoms. The Hall–Kier alpha value is -2.44. The Kier molecular flexibility index (Phi) is 4.04. The Morgan fingerprint density at radius 3 is 2.45 bits per heavy atom. The van der Waals surface area contributed by atoms with Crippen LogP contribution in [0.2, 0.25) is 0 Å². The van der Waals surface area contributed by atoms with Crippen molar-refractivity contribution in [2.24, 2.45) is 0 Å². The number of anilines is 1. The van der Waals surface area contributed by atoms with Gasteiger partial charge >= 0.3 is 0 Å². The van der Waals surface area contributed by atoms with E-state index in [0.717, 1.165) is 31.3 Å². The summed E-state index contributed by atoms with van der Waals surface area (Å²) in [5.41, 5.74) is 1.55. The minimum absolute atomic E-state index is 0.00364. The van der Waals surface area contributed by atoms with Gasteiger partial charge < -0.3 is 9.80 Å². The molecule has 116 valence electrons. The predicted molar refractivity (Wildman–Crippen MR) is 82.8 cm³/mol. The standard InChI is InChI=1S/C15H20N6O/c1-3-21-12(2)11-13(18-21)14(22)19-7-9-20(10-8-19)15-16-5-4-6-17-15/h4-6,11H,3,7-10H2,1-2H3. The molecule has 0 atom stereocenters. The van der Waals surface area contributed by atoms with Crippen LogP contribution in [0.15, 0.2) is 24.5 Å². The summed E-state index contributed by atoms with van der Waals surface area (Å²) >= 11 is 0. The van der Waals surface area contributed by atoms with E-state index in [1.54, 1.807) is 18.5 Å². The number of piperazine rings is 1. The number of carbonyl (C=O) groups is 1. The first-order valence-corrected chi connectivity index (χ1v) is 7.54. The fourth-order valence-corrected chi connectivity index (χ4v) is 2.66. The molecule has 2 aromatic rings. The largest absolute Gasteiger partial charge is 0.337 e. The maximum atomic E-state index is 12.5. The molecule has 0 aromatic carbocycles. The van der Waals surface area contributed by atoms with Crippen molar-refractivity contribution in [1.82, 2.24) is 24.6 Å². The van der Waals surface area contributed by atoms with Gasteiger partial charge in [0.2, 0.25) is 5.95 Å². The molecule has 0 N–H and O–H groups in total. The monoisotopic (exact) mass is 300 g/mol. The van der Waals surface area contributed by atoms with Gasteiger partial charge in [0, 0.05) is 50.8 Å². The van der Waals surface area contributed by atoms with Crippen molar-refractivity contribution < 1.29 is 4.79 Å². The van der Waals surface area contributed by atoms with Gasteiger partial charge in [-0.15, -0.1) is 0 Å². The minimum atomic E-state index is 0.00364. The van der Waals surface area contributed by atoms with Crippen LogP contribution >= 0.6 is 0 Å². The number of aromatic nitrogens is 4. The maximum Gasteiger partial charge on any atom is 0.274 e. The molecule has 7 nitrogen and oxygen atoms in total. The summed E-state index contributed by atoms with van der Waals surface area (Å²) in [4.78, 5) is 25.0. The van der Waals surface area contributed by atoms with Gasteiger partial charge in [-0.05, 0) is 26.0 Å². The van der Waals surface area contributed by atoms with Gasteiger partial charge in [-0.2, -0.15) is 5.10 Å². The highest BCUT2D eigenvalue weighted by molar-refractivity contribution is 5.92. The summed E-state index contributed by atoms with van der Waals surface area (Å²) in [6.07, 6.45) is 3.47. The predicted octanol–water partition coefficient (Wildman–Crippen LogP) is 0.964. The SMILES string of the molecule is CCn1nc(C(=O)N2CCN(c3ncccn3)CC2)cc1C. The molecule has 1 fully saturated rings. The molecule has 22 heavy (non-hydrogen) atoms. The molecule has 0 spiro atoms. The van der Waals surface area contributed by atoms with Crippen molar-refractivity contribution >= 4 is 11.9 Å². The van der Waals surface area contributed by atoms with Crippen LogP contribution in [0.5, 0.6) is 0 Å². The summed E-state index contributed by atoms with van der Waals surface area (Å²) in [6, 6.07) is 3.66. The number of nitrogens with zero attached hydrogens (tertiary/aromatic N) is 6. The molecule has 1 aliphatic rings. The van der Waals surface area contributed by atoms with Crippen LogP contribution < -0.4 is 4.90 Å². The van der Waals surface area contributed by atoms with Crippen LogP contribution in [0.1, 0.15) is 23.1 Å². The van der Waals surface area contributed by atoms with E-state index >= 15 is 0 Å². The van der Waals surface area contributed by atoms with Crippen LogP contribution in [0.3, 0.4) is 0 Å². The molecule has 1 amide bonds. The smallest absolute Gasteiger partial charge is 0.274 e. The summed E-state index contributed by atoms with van der Waals surface area (Å²) in [5.74, 6) is 0.727. The van der Waals surface area contributed by atoms with Gasteiger partial charge in [0.1, 0.15) is 0 Å². The van der Waals surface area contributed by atoms with Crippen molar-refractivity contribution in [3.05, 3.63) is 35.9 Å². The Morgan fingerprint density at radius 1 is 1.18 bits per heavy atom. The molecule has 1 saturated heterocycles. The molecular formula is C15H20N6O. The van der Waals surface area contributed by atoms with Crippen LogP contribution in [-0.2, 0) is 6.54 Å². The van der Waals surface area contributed by atoms with Gasteiger partial charge in [0.15, 0.2) is 5.69 Å². The molecule has 3 rings (SSSR count). The maximum absolute atomic E-state index is 12.5. The first-order valence-electron chi connectivity index (χ1n) is 7.54. The first kappa shape index (κ1) is 14.5. The summed E-state index contributed by atoms with van der Waals surface area (Å²) < 4.78 is 1.85. The summed E-state index contributed by atoms with van der Waals surface area (Å²) in [5, 5.41) is 4.37. The molecule has 0 radical (unpaired) electrons. The third-order valence-electron chi connectivity index (χ3n) is 3.90. The third-order valence-corrected chi connectivity index (χ3v) is 3.90. The lowest BCUT2D eigenvalue weighted by Crippen LogP contribution is -2.49. The quantitative estimate of drug-likeness (QED) is 0.845. The second kappa shape index (κ2) is 6.13. The number of aryl methyl sites for hydroxylation is 2. The van der Waals surface area contributed by atoms with E-state index in [-0.39, 0.29) is 5.91 Å². The third kappa shape index (κ3) is 2.79. The number of rotatable bonds is 3. The van der Waals surface area contributed by atoms with Crippen LogP contribution in [-0.4, -0.2) is 56.7 Å². The van der Waals surface area contributed by atoms with Gasteiger partial charge in [-0.1, -0.05) is 0 Å². The van der Waals surface area contributed by atoms with Crippen LogP contribution in [0.4, 0.5) is 5.95 Å². The van der Waals surface area contributed by atoms with Crippen molar-refractivity contribution in [2.45, 2.75) is 20.4 Å².